The minimum Gasteiger partial charge on any atom is -0.396 e. The quantitative estimate of drug-likeness (QED) is 0.899. The normalized spacial score (nSPS) is 24.0. The number of likely N-dealkylation sites (tertiary alicyclic amines) is 1. The van der Waals surface area contributed by atoms with Gasteiger partial charge in [0.2, 0.25) is 11.8 Å². The van der Waals surface area contributed by atoms with Crippen LogP contribution in [-0.4, -0.2) is 47.6 Å². The minimum atomic E-state index is -0.242. The van der Waals surface area contributed by atoms with E-state index in [1.54, 1.807) is 4.90 Å². The SMILES string of the molecule is Cc1ccc(N2C[C@@H](C(=O)N3CCC[C@H]3CCCO)CC2=O)cc1. The van der Waals surface area contributed by atoms with Crippen LogP contribution in [0.5, 0.6) is 0 Å². The number of rotatable bonds is 5. The smallest absolute Gasteiger partial charge is 0.228 e. The van der Waals surface area contributed by atoms with Crippen LogP contribution in [0, 0.1) is 12.8 Å². The largest absolute Gasteiger partial charge is 0.396 e. The predicted octanol–water partition coefficient (Wildman–Crippen LogP) is 2.11. The van der Waals surface area contributed by atoms with E-state index >= 15 is 0 Å². The Balaban J connectivity index is 1.66. The van der Waals surface area contributed by atoms with E-state index in [1.807, 2.05) is 36.1 Å². The molecule has 2 aliphatic heterocycles. The predicted molar refractivity (Wildman–Crippen MR) is 92.7 cm³/mol. The van der Waals surface area contributed by atoms with Crippen LogP contribution in [0.4, 0.5) is 5.69 Å². The summed E-state index contributed by atoms with van der Waals surface area (Å²) in [6.07, 6.45) is 3.91. The Morgan fingerprint density at radius 2 is 2.04 bits per heavy atom. The zero-order valence-electron chi connectivity index (χ0n) is 14.3. The van der Waals surface area contributed by atoms with Crippen LogP contribution in [0.1, 0.15) is 37.7 Å². The molecule has 2 amide bonds. The Morgan fingerprint density at radius 3 is 2.75 bits per heavy atom. The third-order valence-electron chi connectivity index (χ3n) is 5.18. The summed E-state index contributed by atoms with van der Waals surface area (Å²) >= 11 is 0. The summed E-state index contributed by atoms with van der Waals surface area (Å²) in [6.45, 7) is 3.44. The van der Waals surface area contributed by atoms with Gasteiger partial charge in [-0.2, -0.15) is 0 Å². The molecule has 5 nitrogen and oxygen atoms in total. The lowest BCUT2D eigenvalue weighted by atomic mass is 10.0. The second-order valence-corrected chi connectivity index (χ2v) is 6.93. The number of benzene rings is 1. The summed E-state index contributed by atoms with van der Waals surface area (Å²) in [5, 5.41) is 9.02. The van der Waals surface area contributed by atoms with Gasteiger partial charge in [-0.3, -0.25) is 9.59 Å². The lowest BCUT2D eigenvalue weighted by Crippen LogP contribution is -2.40. The van der Waals surface area contributed by atoms with E-state index in [2.05, 4.69) is 0 Å². The summed E-state index contributed by atoms with van der Waals surface area (Å²) in [5.74, 6) is -0.102. The van der Waals surface area contributed by atoms with E-state index < -0.39 is 0 Å². The van der Waals surface area contributed by atoms with E-state index in [0.717, 1.165) is 43.5 Å². The van der Waals surface area contributed by atoms with Crippen LogP contribution in [-0.2, 0) is 9.59 Å². The van der Waals surface area contributed by atoms with E-state index in [9.17, 15) is 9.59 Å². The van der Waals surface area contributed by atoms with Crippen molar-refractivity contribution in [2.24, 2.45) is 5.92 Å². The van der Waals surface area contributed by atoms with Gasteiger partial charge in [0.1, 0.15) is 0 Å². The summed E-state index contributed by atoms with van der Waals surface area (Å²) in [4.78, 5) is 28.9. The lowest BCUT2D eigenvalue weighted by molar-refractivity contribution is -0.136. The van der Waals surface area contributed by atoms with Gasteiger partial charge in [0.25, 0.3) is 0 Å². The number of hydrogen-bond acceptors (Lipinski definition) is 3. The molecule has 2 fully saturated rings. The molecule has 5 heteroatoms. The van der Waals surface area contributed by atoms with Crippen molar-refractivity contribution >= 4 is 17.5 Å². The number of aryl methyl sites for hydroxylation is 1. The van der Waals surface area contributed by atoms with Crippen LogP contribution >= 0.6 is 0 Å². The second kappa shape index (κ2) is 7.34. The number of nitrogens with zero attached hydrogens (tertiary/aromatic N) is 2. The van der Waals surface area contributed by atoms with Crippen molar-refractivity contribution in [3.05, 3.63) is 29.8 Å². The molecule has 0 bridgehead atoms. The van der Waals surface area contributed by atoms with Crippen LogP contribution in [0.2, 0.25) is 0 Å². The van der Waals surface area contributed by atoms with Crippen molar-refractivity contribution < 1.29 is 14.7 Å². The maximum Gasteiger partial charge on any atom is 0.228 e. The molecule has 2 atom stereocenters. The monoisotopic (exact) mass is 330 g/mol. The molecule has 130 valence electrons. The van der Waals surface area contributed by atoms with Gasteiger partial charge in [-0.1, -0.05) is 17.7 Å². The Bertz CT molecular complexity index is 599. The number of hydrogen-bond donors (Lipinski definition) is 1. The number of carbonyl (C=O) groups excluding carboxylic acids is 2. The zero-order valence-corrected chi connectivity index (χ0v) is 14.3. The third kappa shape index (κ3) is 3.46. The number of anilines is 1. The van der Waals surface area contributed by atoms with Crippen molar-refractivity contribution in [2.75, 3.05) is 24.6 Å². The fraction of sp³-hybridized carbons (Fsp3) is 0.579. The van der Waals surface area contributed by atoms with E-state index in [0.29, 0.717) is 13.0 Å². The molecule has 3 rings (SSSR count). The van der Waals surface area contributed by atoms with Gasteiger partial charge in [-0.25, -0.2) is 0 Å². The summed E-state index contributed by atoms with van der Waals surface area (Å²) in [7, 11) is 0. The molecule has 1 aromatic carbocycles. The standard InChI is InChI=1S/C19H26N2O3/c1-14-6-8-17(9-7-14)21-13-15(12-18(21)23)19(24)20-10-2-4-16(20)5-3-11-22/h6-9,15-16,22H,2-5,10-13H2,1H3/t15-,16-/m0/s1. The van der Waals surface area contributed by atoms with Gasteiger partial charge >= 0.3 is 0 Å². The zero-order chi connectivity index (χ0) is 17.1. The van der Waals surface area contributed by atoms with Gasteiger partial charge < -0.3 is 14.9 Å². The topological polar surface area (TPSA) is 60.9 Å². The molecule has 1 N–H and O–H groups in total. The first-order valence-electron chi connectivity index (χ1n) is 8.88. The molecule has 24 heavy (non-hydrogen) atoms. The summed E-state index contributed by atoms with van der Waals surface area (Å²) in [5.41, 5.74) is 2.03. The molecule has 0 radical (unpaired) electrons. The molecular weight excluding hydrogens is 304 g/mol. The first-order valence-corrected chi connectivity index (χ1v) is 8.88. The van der Waals surface area contributed by atoms with Crippen molar-refractivity contribution in [1.29, 1.82) is 0 Å². The van der Waals surface area contributed by atoms with Crippen molar-refractivity contribution in [2.45, 2.75) is 45.1 Å². The van der Waals surface area contributed by atoms with Gasteiger partial charge in [0.15, 0.2) is 0 Å². The van der Waals surface area contributed by atoms with Gasteiger partial charge in [-0.05, 0) is 44.7 Å². The van der Waals surface area contributed by atoms with Crippen LogP contribution in [0.3, 0.4) is 0 Å². The number of carbonyl (C=O) groups is 2. The third-order valence-corrected chi connectivity index (χ3v) is 5.18. The molecule has 0 aromatic heterocycles. The van der Waals surface area contributed by atoms with Crippen molar-refractivity contribution in [1.82, 2.24) is 4.90 Å². The lowest BCUT2D eigenvalue weighted by Gasteiger charge is -2.27. The molecule has 0 unspecified atom stereocenters. The highest BCUT2D eigenvalue weighted by Gasteiger charge is 2.39. The molecule has 0 aliphatic carbocycles. The Hall–Kier alpha value is -1.88. The average Bonchev–Trinajstić information content (AvgIpc) is 3.19. The first kappa shape index (κ1) is 17.0. The van der Waals surface area contributed by atoms with Crippen LogP contribution < -0.4 is 4.90 Å². The van der Waals surface area contributed by atoms with Gasteiger partial charge in [0, 0.05) is 37.8 Å². The average molecular weight is 330 g/mol. The van der Waals surface area contributed by atoms with E-state index in [4.69, 9.17) is 5.11 Å². The first-order chi connectivity index (χ1) is 11.6. The van der Waals surface area contributed by atoms with Crippen molar-refractivity contribution in [3.63, 3.8) is 0 Å². The molecule has 0 saturated carbocycles. The fourth-order valence-electron chi connectivity index (χ4n) is 3.83. The number of amides is 2. The maximum atomic E-state index is 12.9. The summed E-state index contributed by atoms with van der Waals surface area (Å²) < 4.78 is 0. The molecule has 1 aromatic rings. The van der Waals surface area contributed by atoms with Gasteiger partial charge in [-0.15, -0.1) is 0 Å². The minimum absolute atomic E-state index is 0.0308. The highest BCUT2D eigenvalue weighted by atomic mass is 16.3. The number of aliphatic hydroxyl groups excluding tert-OH is 1. The highest BCUT2D eigenvalue weighted by Crippen LogP contribution is 2.30. The molecular formula is C19H26N2O3. The molecule has 2 saturated heterocycles. The second-order valence-electron chi connectivity index (χ2n) is 6.93. The molecule has 2 aliphatic rings. The highest BCUT2D eigenvalue weighted by molar-refractivity contribution is 6.00. The maximum absolute atomic E-state index is 12.9. The fourth-order valence-corrected chi connectivity index (χ4v) is 3.83. The Labute approximate surface area is 143 Å². The van der Waals surface area contributed by atoms with Crippen LogP contribution in [0.15, 0.2) is 24.3 Å². The Kier molecular flexibility index (Phi) is 5.19. The van der Waals surface area contributed by atoms with Gasteiger partial charge in [0.05, 0.1) is 5.92 Å². The number of aliphatic hydroxyl groups is 1. The van der Waals surface area contributed by atoms with E-state index in [1.165, 1.54) is 0 Å². The molecule has 2 heterocycles. The van der Waals surface area contributed by atoms with E-state index in [-0.39, 0.29) is 30.4 Å². The summed E-state index contributed by atoms with van der Waals surface area (Å²) in [6, 6.07) is 8.10. The molecule has 0 spiro atoms. The Morgan fingerprint density at radius 1 is 1.29 bits per heavy atom. The van der Waals surface area contributed by atoms with Crippen LogP contribution in [0.25, 0.3) is 0 Å². The van der Waals surface area contributed by atoms with Crippen molar-refractivity contribution in [3.8, 4) is 0 Å².